The number of anilines is 1. The number of nitrogens with one attached hydrogen (secondary N) is 1. The van der Waals surface area contributed by atoms with Gasteiger partial charge in [0.05, 0.1) is 6.54 Å². The van der Waals surface area contributed by atoms with Gasteiger partial charge in [0.2, 0.25) is 5.95 Å². The fourth-order valence-electron chi connectivity index (χ4n) is 1.43. The summed E-state index contributed by atoms with van der Waals surface area (Å²) in [7, 11) is 1.90. The quantitative estimate of drug-likeness (QED) is 0.826. The largest absolute Gasteiger partial charge is 0.347 e. The van der Waals surface area contributed by atoms with Crippen molar-refractivity contribution in [2.24, 2.45) is 7.05 Å². The molecule has 0 saturated carbocycles. The lowest BCUT2D eigenvalue weighted by Gasteiger charge is -2.05. The lowest BCUT2D eigenvalue weighted by Crippen LogP contribution is -2.09. The summed E-state index contributed by atoms with van der Waals surface area (Å²) < 4.78 is 1.86. The van der Waals surface area contributed by atoms with Gasteiger partial charge in [-0.2, -0.15) is 0 Å². The number of rotatable bonds is 3. The molecule has 0 spiro atoms. The third-order valence-electron chi connectivity index (χ3n) is 2.19. The van der Waals surface area contributed by atoms with E-state index in [-0.39, 0.29) is 0 Å². The Bertz CT molecular complexity index is 470. The molecule has 16 heavy (non-hydrogen) atoms. The number of nitrogens with zero attached hydrogens (tertiary/aromatic N) is 5. The maximum atomic E-state index is 4.28. The maximum Gasteiger partial charge on any atom is 0.223 e. The molecule has 0 aliphatic carbocycles. The summed E-state index contributed by atoms with van der Waals surface area (Å²) in [6.45, 7) is 4.46. The molecule has 0 atom stereocenters. The molecular formula is C10H14N6. The van der Waals surface area contributed by atoms with Crippen LogP contribution in [0.2, 0.25) is 0 Å². The zero-order valence-corrected chi connectivity index (χ0v) is 9.60. The van der Waals surface area contributed by atoms with Crippen LogP contribution in [0.3, 0.4) is 0 Å². The van der Waals surface area contributed by atoms with E-state index in [4.69, 9.17) is 0 Å². The van der Waals surface area contributed by atoms with E-state index >= 15 is 0 Å². The molecule has 0 amide bonds. The maximum absolute atomic E-state index is 4.28. The van der Waals surface area contributed by atoms with Crippen LogP contribution < -0.4 is 5.32 Å². The average molecular weight is 218 g/mol. The van der Waals surface area contributed by atoms with Gasteiger partial charge in [-0.25, -0.2) is 9.97 Å². The second-order valence-electron chi connectivity index (χ2n) is 3.69. The van der Waals surface area contributed by atoms with Crippen LogP contribution >= 0.6 is 0 Å². The van der Waals surface area contributed by atoms with Crippen LogP contribution in [-0.2, 0) is 13.6 Å². The van der Waals surface area contributed by atoms with Gasteiger partial charge in [0.25, 0.3) is 0 Å². The highest BCUT2D eigenvalue weighted by Crippen LogP contribution is 2.04. The van der Waals surface area contributed by atoms with Crippen LogP contribution in [0.4, 0.5) is 5.95 Å². The Hall–Kier alpha value is -1.98. The molecule has 2 heterocycles. The first-order chi connectivity index (χ1) is 7.65. The van der Waals surface area contributed by atoms with Gasteiger partial charge in [-0.3, -0.25) is 0 Å². The Morgan fingerprint density at radius 2 is 1.94 bits per heavy atom. The molecule has 2 aromatic rings. The van der Waals surface area contributed by atoms with E-state index < -0.39 is 0 Å². The minimum absolute atomic E-state index is 0.569. The second kappa shape index (κ2) is 4.26. The molecule has 0 aromatic carbocycles. The summed E-state index contributed by atoms with van der Waals surface area (Å²) in [6, 6.07) is 1.94. The van der Waals surface area contributed by atoms with Gasteiger partial charge < -0.3 is 9.88 Å². The van der Waals surface area contributed by atoms with Crippen molar-refractivity contribution in [3.05, 3.63) is 29.6 Å². The molecule has 0 aliphatic heterocycles. The Labute approximate surface area is 93.8 Å². The number of aromatic nitrogens is 5. The van der Waals surface area contributed by atoms with Gasteiger partial charge in [0.1, 0.15) is 6.33 Å². The van der Waals surface area contributed by atoms with Crippen LogP contribution in [0.1, 0.15) is 17.2 Å². The van der Waals surface area contributed by atoms with Crippen LogP contribution in [0, 0.1) is 13.8 Å². The van der Waals surface area contributed by atoms with Gasteiger partial charge in [-0.15, -0.1) is 10.2 Å². The topological polar surface area (TPSA) is 68.5 Å². The molecule has 0 radical (unpaired) electrons. The van der Waals surface area contributed by atoms with E-state index in [1.807, 2.05) is 31.5 Å². The molecule has 1 N–H and O–H groups in total. The lowest BCUT2D eigenvalue weighted by atomic mass is 10.4. The standard InChI is InChI=1S/C10H14N6/c1-7-4-8(2)14-10(13-7)11-5-9-15-12-6-16(9)3/h4,6H,5H2,1-3H3,(H,11,13,14). The first-order valence-electron chi connectivity index (χ1n) is 5.04. The van der Waals surface area contributed by atoms with E-state index in [2.05, 4.69) is 25.5 Å². The minimum Gasteiger partial charge on any atom is -0.347 e. The van der Waals surface area contributed by atoms with Crippen molar-refractivity contribution in [2.75, 3.05) is 5.32 Å². The third kappa shape index (κ3) is 2.33. The summed E-state index contributed by atoms with van der Waals surface area (Å²) in [6.07, 6.45) is 1.67. The monoisotopic (exact) mass is 218 g/mol. The van der Waals surface area contributed by atoms with E-state index in [1.165, 1.54) is 0 Å². The molecule has 6 heteroatoms. The molecule has 0 bridgehead atoms. The molecule has 0 fully saturated rings. The molecule has 6 nitrogen and oxygen atoms in total. The number of aryl methyl sites for hydroxylation is 3. The van der Waals surface area contributed by atoms with Gasteiger partial charge in [0, 0.05) is 18.4 Å². The van der Waals surface area contributed by atoms with Crippen molar-refractivity contribution in [3.63, 3.8) is 0 Å². The van der Waals surface area contributed by atoms with Crippen molar-refractivity contribution in [1.29, 1.82) is 0 Å². The van der Waals surface area contributed by atoms with Crippen molar-refractivity contribution in [1.82, 2.24) is 24.7 Å². The zero-order valence-electron chi connectivity index (χ0n) is 9.60. The predicted octanol–water partition coefficient (Wildman–Crippen LogP) is 0.834. The Morgan fingerprint density at radius 3 is 2.50 bits per heavy atom. The predicted molar refractivity (Wildman–Crippen MR) is 59.8 cm³/mol. The molecule has 0 saturated heterocycles. The summed E-state index contributed by atoms with van der Waals surface area (Å²) in [5.74, 6) is 1.48. The minimum atomic E-state index is 0.569. The molecule has 0 unspecified atom stereocenters. The second-order valence-corrected chi connectivity index (χ2v) is 3.69. The normalized spacial score (nSPS) is 10.4. The van der Waals surface area contributed by atoms with Crippen molar-refractivity contribution >= 4 is 5.95 Å². The van der Waals surface area contributed by atoms with E-state index in [0.717, 1.165) is 17.2 Å². The van der Waals surface area contributed by atoms with E-state index in [0.29, 0.717) is 12.5 Å². The van der Waals surface area contributed by atoms with Crippen LogP contribution in [0.5, 0.6) is 0 Å². The summed E-state index contributed by atoms with van der Waals surface area (Å²) in [5, 5.41) is 10.9. The highest BCUT2D eigenvalue weighted by atomic mass is 15.3. The van der Waals surface area contributed by atoms with E-state index in [1.54, 1.807) is 6.33 Å². The fraction of sp³-hybridized carbons (Fsp3) is 0.400. The molecule has 0 aliphatic rings. The van der Waals surface area contributed by atoms with Gasteiger partial charge in [0.15, 0.2) is 5.82 Å². The van der Waals surface area contributed by atoms with Gasteiger partial charge in [-0.1, -0.05) is 0 Å². The Balaban J connectivity index is 2.07. The van der Waals surface area contributed by atoms with Gasteiger partial charge in [-0.05, 0) is 19.9 Å². The van der Waals surface area contributed by atoms with Crippen molar-refractivity contribution < 1.29 is 0 Å². The average Bonchev–Trinajstić information content (AvgIpc) is 2.59. The van der Waals surface area contributed by atoms with Crippen LogP contribution in [-0.4, -0.2) is 24.7 Å². The first kappa shape index (κ1) is 10.5. The molecule has 84 valence electrons. The zero-order chi connectivity index (χ0) is 11.5. The highest BCUT2D eigenvalue weighted by molar-refractivity contribution is 5.27. The fourth-order valence-corrected chi connectivity index (χ4v) is 1.43. The van der Waals surface area contributed by atoms with Gasteiger partial charge >= 0.3 is 0 Å². The van der Waals surface area contributed by atoms with Crippen molar-refractivity contribution in [2.45, 2.75) is 20.4 Å². The SMILES string of the molecule is Cc1cc(C)nc(NCc2nncn2C)n1. The van der Waals surface area contributed by atoms with Crippen molar-refractivity contribution in [3.8, 4) is 0 Å². The summed E-state index contributed by atoms with van der Waals surface area (Å²) in [4.78, 5) is 8.57. The summed E-state index contributed by atoms with van der Waals surface area (Å²) in [5.41, 5.74) is 1.90. The van der Waals surface area contributed by atoms with Crippen LogP contribution in [0.15, 0.2) is 12.4 Å². The smallest absolute Gasteiger partial charge is 0.223 e. The number of hydrogen-bond acceptors (Lipinski definition) is 5. The Morgan fingerprint density at radius 1 is 1.25 bits per heavy atom. The highest BCUT2D eigenvalue weighted by Gasteiger charge is 2.02. The van der Waals surface area contributed by atoms with E-state index in [9.17, 15) is 0 Å². The lowest BCUT2D eigenvalue weighted by molar-refractivity contribution is 0.805. The molecule has 2 rings (SSSR count). The number of hydrogen-bond donors (Lipinski definition) is 1. The third-order valence-corrected chi connectivity index (χ3v) is 2.19. The molecular weight excluding hydrogens is 204 g/mol. The molecule has 2 aromatic heterocycles. The Kier molecular flexibility index (Phi) is 2.80. The first-order valence-corrected chi connectivity index (χ1v) is 5.04. The van der Waals surface area contributed by atoms with Crippen LogP contribution in [0.25, 0.3) is 0 Å². The summed E-state index contributed by atoms with van der Waals surface area (Å²) >= 11 is 0.